The topological polar surface area (TPSA) is 41.6 Å². The van der Waals surface area contributed by atoms with Crippen LogP contribution in [0.25, 0.3) is 0 Å². The van der Waals surface area contributed by atoms with Gasteiger partial charge in [0.15, 0.2) is 0 Å². The van der Waals surface area contributed by atoms with Crippen LogP contribution in [0.4, 0.5) is 10.5 Å². The predicted molar refractivity (Wildman–Crippen MR) is 95.7 cm³/mol. The molecule has 2 aliphatic heterocycles. The molecule has 2 saturated heterocycles. The number of nitrogens with zero attached hydrogens (tertiary/aromatic N) is 1. The van der Waals surface area contributed by atoms with Crippen LogP contribution in [0.2, 0.25) is 0 Å². The Balaban J connectivity index is 1.64. The molecule has 1 aromatic rings. The smallest absolute Gasteiger partial charge is 0.410 e. The summed E-state index contributed by atoms with van der Waals surface area (Å²) >= 11 is 3.51. The molecule has 3 rings (SSSR count). The Morgan fingerprint density at radius 2 is 1.91 bits per heavy atom. The first kappa shape index (κ1) is 16.6. The van der Waals surface area contributed by atoms with E-state index in [1.807, 2.05) is 37.8 Å². The number of nitrogens with one attached hydrogen (secondary N) is 1. The average molecular weight is 381 g/mol. The second kappa shape index (κ2) is 6.34. The van der Waals surface area contributed by atoms with Crippen molar-refractivity contribution in [2.24, 2.45) is 0 Å². The number of hydrogen-bond acceptors (Lipinski definition) is 3. The number of ether oxygens (including phenoxy) is 1. The number of piperidine rings is 1. The third-order valence-electron chi connectivity index (χ3n) is 4.53. The van der Waals surface area contributed by atoms with Gasteiger partial charge in [-0.3, -0.25) is 0 Å². The molecule has 1 aromatic carbocycles. The largest absolute Gasteiger partial charge is 0.444 e. The first-order chi connectivity index (χ1) is 10.8. The normalized spacial score (nSPS) is 27.0. The summed E-state index contributed by atoms with van der Waals surface area (Å²) < 4.78 is 6.67. The van der Waals surface area contributed by atoms with Crippen LogP contribution in [0.5, 0.6) is 0 Å². The first-order valence-electron chi connectivity index (χ1n) is 8.35. The Morgan fingerprint density at radius 1 is 1.26 bits per heavy atom. The zero-order valence-corrected chi connectivity index (χ0v) is 15.6. The second-order valence-corrected chi connectivity index (χ2v) is 8.51. The number of amides is 1. The summed E-state index contributed by atoms with van der Waals surface area (Å²) in [6.45, 7) is 5.77. The molecule has 0 saturated carbocycles. The molecule has 0 aromatic heterocycles. The molecule has 2 fully saturated rings. The van der Waals surface area contributed by atoms with E-state index in [9.17, 15) is 4.79 Å². The van der Waals surface area contributed by atoms with E-state index in [-0.39, 0.29) is 6.09 Å². The Bertz CT molecular complexity index is 571. The maximum Gasteiger partial charge on any atom is 0.410 e. The van der Waals surface area contributed by atoms with E-state index >= 15 is 0 Å². The van der Waals surface area contributed by atoms with Gasteiger partial charge in [-0.1, -0.05) is 22.0 Å². The van der Waals surface area contributed by atoms with Crippen LogP contribution < -0.4 is 5.32 Å². The predicted octanol–water partition coefficient (Wildman–Crippen LogP) is 4.79. The number of fused-ring (bicyclic) bond motifs is 2. The number of hydrogen-bond donors (Lipinski definition) is 1. The molecular weight excluding hydrogens is 356 g/mol. The van der Waals surface area contributed by atoms with Crippen molar-refractivity contribution >= 4 is 27.7 Å². The van der Waals surface area contributed by atoms with E-state index in [0.29, 0.717) is 18.1 Å². The van der Waals surface area contributed by atoms with Crippen molar-refractivity contribution in [3.63, 3.8) is 0 Å². The van der Waals surface area contributed by atoms with Crippen molar-refractivity contribution in [2.75, 3.05) is 5.32 Å². The zero-order chi connectivity index (χ0) is 16.6. The number of halogens is 1. The third kappa shape index (κ3) is 4.00. The first-order valence-corrected chi connectivity index (χ1v) is 9.14. The summed E-state index contributed by atoms with van der Waals surface area (Å²) in [6, 6.07) is 9.27. The SMILES string of the molecule is CC(C)(C)OC(=O)N1C2CCC1CC(Nc1cccc(Br)c1)C2. The highest BCUT2D eigenvalue weighted by atomic mass is 79.9. The quantitative estimate of drug-likeness (QED) is 0.801. The maximum atomic E-state index is 12.5. The van der Waals surface area contributed by atoms with Gasteiger partial charge in [-0.25, -0.2) is 4.79 Å². The van der Waals surface area contributed by atoms with Crippen molar-refractivity contribution in [1.29, 1.82) is 0 Å². The van der Waals surface area contributed by atoms with E-state index in [0.717, 1.165) is 35.8 Å². The molecule has 23 heavy (non-hydrogen) atoms. The van der Waals surface area contributed by atoms with Gasteiger partial charge >= 0.3 is 6.09 Å². The third-order valence-corrected chi connectivity index (χ3v) is 5.03. The van der Waals surface area contributed by atoms with Gasteiger partial charge in [0.25, 0.3) is 0 Å². The number of rotatable bonds is 2. The van der Waals surface area contributed by atoms with Gasteiger partial charge in [-0.05, 0) is 64.7 Å². The molecule has 1 N–H and O–H groups in total. The fourth-order valence-electron chi connectivity index (χ4n) is 3.72. The lowest BCUT2D eigenvalue weighted by molar-refractivity contribution is 0.00684. The van der Waals surface area contributed by atoms with Gasteiger partial charge in [0.05, 0.1) is 0 Å². The second-order valence-electron chi connectivity index (χ2n) is 7.60. The van der Waals surface area contributed by atoms with Gasteiger partial charge in [0, 0.05) is 28.3 Å². The molecule has 126 valence electrons. The number of carbonyl (C=O) groups is 1. The molecule has 2 unspecified atom stereocenters. The molecule has 2 aliphatic rings. The fourth-order valence-corrected chi connectivity index (χ4v) is 4.12. The van der Waals surface area contributed by atoms with Gasteiger partial charge < -0.3 is 15.0 Å². The highest BCUT2D eigenvalue weighted by Crippen LogP contribution is 2.38. The molecule has 0 spiro atoms. The van der Waals surface area contributed by atoms with E-state index in [1.54, 1.807) is 0 Å². The Kier molecular flexibility index (Phi) is 4.59. The molecular formula is C18H25BrN2O2. The average Bonchev–Trinajstić information content (AvgIpc) is 2.69. The van der Waals surface area contributed by atoms with Crippen LogP contribution in [0, 0.1) is 0 Å². The van der Waals surface area contributed by atoms with E-state index in [4.69, 9.17) is 4.74 Å². The molecule has 0 radical (unpaired) electrons. The molecule has 4 nitrogen and oxygen atoms in total. The van der Waals surface area contributed by atoms with Gasteiger partial charge in [-0.2, -0.15) is 0 Å². The van der Waals surface area contributed by atoms with Crippen molar-refractivity contribution in [3.05, 3.63) is 28.7 Å². The summed E-state index contributed by atoms with van der Waals surface area (Å²) in [4.78, 5) is 14.5. The standard InChI is InChI=1S/C18H25BrN2O2/c1-18(2,3)23-17(22)21-15-7-8-16(21)11-14(10-15)20-13-6-4-5-12(19)9-13/h4-6,9,14-16,20H,7-8,10-11H2,1-3H3. The lowest BCUT2D eigenvalue weighted by Gasteiger charge is -2.40. The minimum atomic E-state index is -0.429. The lowest BCUT2D eigenvalue weighted by atomic mass is 9.97. The van der Waals surface area contributed by atoms with Gasteiger partial charge in [0.1, 0.15) is 5.60 Å². The van der Waals surface area contributed by atoms with Crippen molar-refractivity contribution < 1.29 is 9.53 Å². The van der Waals surface area contributed by atoms with Gasteiger partial charge in [-0.15, -0.1) is 0 Å². The van der Waals surface area contributed by atoms with Crippen LogP contribution in [0.3, 0.4) is 0 Å². The van der Waals surface area contributed by atoms with E-state index in [2.05, 4.69) is 33.4 Å². The summed E-state index contributed by atoms with van der Waals surface area (Å²) in [5, 5.41) is 3.62. The van der Waals surface area contributed by atoms with Gasteiger partial charge in [0.2, 0.25) is 0 Å². The minimum Gasteiger partial charge on any atom is -0.444 e. The number of carbonyl (C=O) groups excluding carboxylic acids is 1. The molecule has 2 atom stereocenters. The zero-order valence-electron chi connectivity index (χ0n) is 14.0. The van der Waals surface area contributed by atoms with Crippen molar-refractivity contribution in [3.8, 4) is 0 Å². The highest BCUT2D eigenvalue weighted by molar-refractivity contribution is 9.10. The highest BCUT2D eigenvalue weighted by Gasteiger charge is 2.44. The molecule has 5 heteroatoms. The summed E-state index contributed by atoms with van der Waals surface area (Å²) in [5.41, 5.74) is 0.705. The Hall–Kier alpha value is -1.23. The molecule has 0 aliphatic carbocycles. The maximum absolute atomic E-state index is 12.5. The number of anilines is 1. The Labute approximate surface area is 146 Å². The van der Waals surface area contributed by atoms with Crippen molar-refractivity contribution in [2.45, 2.75) is 70.2 Å². The van der Waals surface area contributed by atoms with E-state index < -0.39 is 5.60 Å². The molecule has 1 amide bonds. The lowest BCUT2D eigenvalue weighted by Crippen LogP contribution is -2.51. The van der Waals surface area contributed by atoms with Crippen LogP contribution in [-0.2, 0) is 4.74 Å². The summed E-state index contributed by atoms with van der Waals surface area (Å²) in [6.07, 6.45) is 4.00. The monoisotopic (exact) mass is 380 g/mol. The molecule has 2 bridgehead atoms. The van der Waals surface area contributed by atoms with Crippen molar-refractivity contribution in [1.82, 2.24) is 4.90 Å². The minimum absolute atomic E-state index is 0.147. The van der Waals surface area contributed by atoms with Crippen LogP contribution in [-0.4, -0.2) is 34.7 Å². The molecule has 2 heterocycles. The van der Waals surface area contributed by atoms with Crippen LogP contribution in [0.1, 0.15) is 46.5 Å². The van der Waals surface area contributed by atoms with Crippen LogP contribution >= 0.6 is 15.9 Å². The Morgan fingerprint density at radius 3 is 2.48 bits per heavy atom. The summed E-state index contributed by atoms with van der Waals surface area (Å²) in [5.74, 6) is 0. The number of benzene rings is 1. The van der Waals surface area contributed by atoms with E-state index in [1.165, 1.54) is 0 Å². The van der Waals surface area contributed by atoms with Crippen LogP contribution in [0.15, 0.2) is 28.7 Å². The summed E-state index contributed by atoms with van der Waals surface area (Å²) in [7, 11) is 0. The fraction of sp³-hybridized carbons (Fsp3) is 0.611.